The molecule has 0 saturated heterocycles. The largest absolute Gasteiger partial charge is 0.479 e. The zero-order valence-corrected chi connectivity index (χ0v) is 16.0. The van der Waals surface area contributed by atoms with Crippen LogP contribution >= 0.6 is 7.14 Å². The van der Waals surface area contributed by atoms with Crippen molar-refractivity contribution in [3.8, 4) is 0 Å². The molecule has 0 aromatic rings. The van der Waals surface area contributed by atoms with Gasteiger partial charge in [0.05, 0.1) is 5.78 Å². The first-order chi connectivity index (χ1) is 8.90. The third-order valence-electron chi connectivity index (χ3n) is 3.09. The molecule has 0 amide bonds. The second-order valence-corrected chi connectivity index (χ2v) is 11.9. The number of aliphatic carboxylic acids is 1. The van der Waals surface area contributed by atoms with E-state index in [1.807, 2.05) is 41.5 Å². The molecule has 0 saturated carbocycles. The van der Waals surface area contributed by atoms with Crippen molar-refractivity contribution in [1.29, 1.82) is 0 Å². The Morgan fingerprint density at radius 3 is 1.62 bits per heavy atom. The zero-order chi connectivity index (χ0) is 17.4. The molecule has 126 valence electrons. The van der Waals surface area contributed by atoms with Gasteiger partial charge in [-0.05, 0) is 53.4 Å². The molecule has 0 aliphatic carbocycles. The lowest BCUT2D eigenvalue weighted by Crippen LogP contribution is -2.57. The van der Waals surface area contributed by atoms with Crippen molar-refractivity contribution in [2.24, 2.45) is 5.41 Å². The van der Waals surface area contributed by atoms with Gasteiger partial charge in [0.15, 0.2) is 5.60 Å². The van der Waals surface area contributed by atoms with Gasteiger partial charge in [-0.25, -0.2) is 4.79 Å². The van der Waals surface area contributed by atoms with E-state index in [-0.39, 0.29) is 11.2 Å². The van der Waals surface area contributed by atoms with Crippen molar-refractivity contribution in [2.75, 3.05) is 13.3 Å². The van der Waals surface area contributed by atoms with Crippen LogP contribution in [0.3, 0.4) is 0 Å². The van der Waals surface area contributed by atoms with Crippen LogP contribution < -0.4 is 0 Å². The Morgan fingerprint density at radius 1 is 1.05 bits per heavy atom. The van der Waals surface area contributed by atoms with E-state index in [4.69, 9.17) is 4.84 Å². The van der Waals surface area contributed by atoms with E-state index >= 15 is 0 Å². The van der Waals surface area contributed by atoms with Gasteiger partial charge >= 0.3 is 5.97 Å². The molecule has 0 heterocycles. The van der Waals surface area contributed by atoms with Crippen LogP contribution in [0.15, 0.2) is 0 Å². The SMILES string of the molecule is CC(C)(ON(C(C(C)(C)C)P(C)(C)=O)C(C)(C)C)C(=O)O. The van der Waals surface area contributed by atoms with Crippen LogP contribution in [0.25, 0.3) is 0 Å². The van der Waals surface area contributed by atoms with Gasteiger partial charge in [0, 0.05) is 5.54 Å². The summed E-state index contributed by atoms with van der Waals surface area (Å²) in [6, 6.07) is 0. The van der Waals surface area contributed by atoms with Crippen LogP contribution in [0.5, 0.6) is 0 Å². The van der Waals surface area contributed by atoms with Gasteiger partial charge in [0.25, 0.3) is 0 Å². The Labute approximate surface area is 129 Å². The molecule has 5 nitrogen and oxygen atoms in total. The van der Waals surface area contributed by atoms with Crippen LogP contribution in [-0.2, 0) is 14.2 Å². The predicted octanol–water partition coefficient (Wildman–Crippen LogP) is 3.88. The number of hydrogen-bond donors (Lipinski definition) is 1. The van der Waals surface area contributed by atoms with Gasteiger partial charge in [0.1, 0.15) is 7.14 Å². The first kappa shape index (κ1) is 20.6. The molecule has 6 heteroatoms. The standard InChI is InChI=1S/C15H32NO4P/c1-13(2,3)11(21(9,10)19)16(14(4,5)6)20-15(7,8)12(17)18/h11H,1-10H3,(H,17,18). The Balaban J connectivity index is 5.93. The number of carbonyl (C=O) groups is 1. The molecule has 0 bridgehead atoms. The van der Waals surface area contributed by atoms with Crippen LogP contribution in [0.1, 0.15) is 55.4 Å². The lowest BCUT2D eigenvalue weighted by Gasteiger charge is -2.49. The van der Waals surface area contributed by atoms with Gasteiger partial charge in [0.2, 0.25) is 0 Å². The monoisotopic (exact) mass is 321 g/mol. The maximum atomic E-state index is 12.8. The Bertz CT molecular complexity index is 426. The van der Waals surface area contributed by atoms with Gasteiger partial charge in [-0.15, -0.1) is 0 Å². The number of carboxylic acid groups (broad SMARTS) is 1. The quantitative estimate of drug-likeness (QED) is 0.615. The van der Waals surface area contributed by atoms with E-state index in [0.717, 1.165) is 0 Å². The molecule has 0 aromatic heterocycles. The molecule has 1 N–H and O–H groups in total. The van der Waals surface area contributed by atoms with Crippen molar-refractivity contribution >= 4 is 13.1 Å². The minimum Gasteiger partial charge on any atom is -0.479 e. The van der Waals surface area contributed by atoms with Gasteiger partial charge in [-0.3, -0.25) is 4.84 Å². The first-order valence-corrected chi connectivity index (χ1v) is 9.84. The second-order valence-electron chi connectivity index (χ2n) is 8.58. The van der Waals surface area contributed by atoms with E-state index < -0.39 is 24.3 Å². The van der Waals surface area contributed by atoms with E-state index in [1.54, 1.807) is 18.4 Å². The lowest BCUT2D eigenvalue weighted by molar-refractivity contribution is -0.288. The Hall–Kier alpha value is -0.380. The summed E-state index contributed by atoms with van der Waals surface area (Å²) in [6.07, 6.45) is 0. The van der Waals surface area contributed by atoms with Crippen LogP contribution in [0.2, 0.25) is 0 Å². The highest BCUT2D eigenvalue weighted by Gasteiger charge is 2.47. The molecule has 0 radical (unpaired) electrons. The fourth-order valence-electron chi connectivity index (χ4n) is 2.38. The smallest absolute Gasteiger partial charge is 0.337 e. The highest BCUT2D eigenvalue weighted by Crippen LogP contribution is 2.54. The summed E-state index contributed by atoms with van der Waals surface area (Å²) in [6.45, 7) is 18.2. The molecule has 0 fully saturated rings. The van der Waals surface area contributed by atoms with Crippen molar-refractivity contribution < 1.29 is 19.3 Å². The molecule has 0 aromatic carbocycles. The molecular weight excluding hydrogens is 289 g/mol. The van der Waals surface area contributed by atoms with Crippen molar-refractivity contribution in [3.05, 3.63) is 0 Å². The van der Waals surface area contributed by atoms with Crippen LogP contribution in [-0.4, -0.2) is 46.4 Å². The molecule has 0 aliphatic rings. The number of hydroxylamine groups is 2. The number of nitrogens with zero attached hydrogens (tertiary/aromatic N) is 1. The topological polar surface area (TPSA) is 66.8 Å². The van der Waals surface area contributed by atoms with E-state index in [9.17, 15) is 14.5 Å². The van der Waals surface area contributed by atoms with Crippen molar-refractivity contribution in [1.82, 2.24) is 5.06 Å². The van der Waals surface area contributed by atoms with E-state index in [1.165, 1.54) is 13.8 Å². The van der Waals surface area contributed by atoms with Crippen LogP contribution in [0.4, 0.5) is 0 Å². The average Bonchev–Trinajstić information content (AvgIpc) is 2.09. The van der Waals surface area contributed by atoms with Crippen molar-refractivity contribution in [2.45, 2.75) is 72.3 Å². The third kappa shape index (κ3) is 5.72. The minimum absolute atomic E-state index is 0.319. The predicted molar refractivity (Wildman–Crippen MR) is 87.1 cm³/mol. The van der Waals surface area contributed by atoms with Crippen LogP contribution in [0, 0.1) is 5.41 Å². The molecular formula is C15H32NO4P. The number of rotatable bonds is 5. The summed E-state index contributed by atoms with van der Waals surface area (Å²) < 4.78 is 12.8. The summed E-state index contributed by atoms with van der Waals surface area (Å²) in [4.78, 5) is 17.2. The molecule has 1 unspecified atom stereocenters. The number of hydrogen-bond acceptors (Lipinski definition) is 4. The second kappa shape index (κ2) is 6.02. The third-order valence-corrected chi connectivity index (χ3v) is 5.25. The maximum Gasteiger partial charge on any atom is 0.337 e. The average molecular weight is 321 g/mol. The summed E-state index contributed by atoms with van der Waals surface area (Å²) in [5.74, 6) is -1.44. The summed E-state index contributed by atoms with van der Waals surface area (Å²) in [5, 5.41) is 10.9. The molecule has 0 spiro atoms. The highest BCUT2D eigenvalue weighted by atomic mass is 31.2. The lowest BCUT2D eigenvalue weighted by atomic mass is 9.94. The van der Waals surface area contributed by atoms with Gasteiger partial charge in [-0.2, -0.15) is 5.06 Å². The normalized spacial score (nSPS) is 16.1. The summed E-state index contributed by atoms with van der Waals surface area (Å²) in [5.41, 5.74) is -2.18. The first-order valence-electron chi connectivity index (χ1n) is 7.17. The fraction of sp³-hybridized carbons (Fsp3) is 0.933. The fourth-order valence-corrected chi connectivity index (χ4v) is 5.14. The summed E-state index contributed by atoms with van der Waals surface area (Å²) >= 11 is 0. The zero-order valence-electron chi connectivity index (χ0n) is 15.1. The van der Waals surface area contributed by atoms with E-state index in [0.29, 0.717) is 0 Å². The molecule has 0 rings (SSSR count). The molecule has 0 aliphatic heterocycles. The Morgan fingerprint density at radius 2 is 1.43 bits per heavy atom. The van der Waals surface area contributed by atoms with E-state index in [2.05, 4.69) is 0 Å². The highest BCUT2D eigenvalue weighted by molar-refractivity contribution is 7.63. The Kier molecular flexibility index (Phi) is 5.91. The number of carboxylic acids is 1. The van der Waals surface area contributed by atoms with Gasteiger partial charge in [-0.1, -0.05) is 20.8 Å². The molecule has 1 atom stereocenters. The summed E-state index contributed by atoms with van der Waals surface area (Å²) in [7, 11) is -2.56. The minimum atomic E-state index is -2.56. The van der Waals surface area contributed by atoms with Crippen molar-refractivity contribution in [3.63, 3.8) is 0 Å². The maximum absolute atomic E-state index is 12.8. The molecule has 21 heavy (non-hydrogen) atoms. The van der Waals surface area contributed by atoms with Gasteiger partial charge < -0.3 is 9.67 Å².